The number of nitrogens with one attached hydrogen (secondary N) is 1. The first-order chi connectivity index (χ1) is 12.1. The Kier molecular flexibility index (Phi) is 3.90. The summed E-state index contributed by atoms with van der Waals surface area (Å²) in [4.78, 5) is 12.8. The Labute approximate surface area is 151 Å². The van der Waals surface area contributed by atoms with Crippen LogP contribution >= 0.6 is 11.6 Å². The van der Waals surface area contributed by atoms with Gasteiger partial charge in [-0.15, -0.1) is 0 Å². The van der Waals surface area contributed by atoms with Gasteiger partial charge in [-0.1, -0.05) is 53.6 Å². The van der Waals surface area contributed by atoms with E-state index in [-0.39, 0.29) is 0 Å². The summed E-state index contributed by atoms with van der Waals surface area (Å²) in [5.41, 5.74) is 5.02. The van der Waals surface area contributed by atoms with E-state index in [4.69, 9.17) is 16.6 Å². The molecule has 2 aromatic carbocycles. The minimum atomic E-state index is 0.705. The minimum Gasteiger partial charge on any atom is -0.335 e. The lowest BCUT2D eigenvalue weighted by atomic mass is 10.1. The Morgan fingerprint density at radius 3 is 2.28 bits per heavy atom. The number of benzene rings is 2. The lowest BCUT2D eigenvalue weighted by Crippen LogP contribution is -1.93. The van der Waals surface area contributed by atoms with Gasteiger partial charge in [0.05, 0.1) is 0 Å². The van der Waals surface area contributed by atoms with Crippen LogP contribution in [0.5, 0.6) is 0 Å². The normalized spacial score (nSPS) is 11.0. The van der Waals surface area contributed by atoms with Crippen LogP contribution in [0.4, 0.5) is 0 Å². The van der Waals surface area contributed by atoms with Crippen LogP contribution in [0.15, 0.2) is 60.9 Å². The van der Waals surface area contributed by atoms with E-state index in [1.165, 1.54) is 5.56 Å². The van der Waals surface area contributed by atoms with Crippen LogP contribution in [-0.4, -0.2) is 19.5 Å². The lowest BCUT2D eigenvalue weighted by molar-refractivity contribution is 0.920. The van der Waals surface area contributed by atoms with Crippen LogP contribution in [0.25, 0.3) is 34.2 Å². The molecule has 0 spiro atoms. The molecule has 2 aromatic heterocycles. The van der Waals surface area contributed by atoms with Gasteiger partial charge in [0.15, 0.2) is 5.82 Å². The molecule has 25 heavy (non-hydrogen) atoms. The molecule has 0 saturated carbocycles. The first kappa shape index (κ1) is 15.7. The summed E-state index contributed by atoms with van der Waals surface area (Å²) in [6.45, 7) is 2.07. The molecule has 4 nitrogen and oxygen atoms in total. The third-order valence-electron chi connectivity index (χ3n) is 4.19. The van der Waals surface area contributed by atoms with Gasteiger partial charge in [-0.05, 0) is 19.1 Å². The van der Waals surface area contributed by atoms with E-state index in [2.05, 4.69) is 41.2 Å². The van der Waals surface area contributed by atoms with E-state index >= 15 is 0 Å². The van der Waals surface area contributed by atoms with Gasteiger partial charge in [-0.2, -0.15) is 0 Å². The predicted octanol–water partition coefficient (Wildman–Crippen LogP) is 5.11. The second-order valence-corrected chi connectivity index (χ2v) is 6.48. The molecule has 4 rings (SSSR count). The van der Waals surface area contributed by atoms with Crippen molar-refractivity contribution < 1.29 is 0 Å². The van der Waals surface area contributed by atoms with Crippen LogP contribution in [0.3, 0.4) is 0 Å². The third kappa shape index (κ3) is 2.96. The maximum atomic E-state index is 6.03. The van der Waals surface area contributed by atoms with Crippen molar-refractivity contribution in [2.24, 2.45) is 7.05 Å². The lowest BCUT2D eigenvalue weighted by Gasteiger charge is -2.03. The van der Waals surface area contributed by atoms with Crippen molar-refractivity contribution in [3.8, 4) is 34.2 Å². The summed E-state index contributed by atoms with van der Waals surface area (Å²) in [6, 6.07) is 16.0. The summed E-state index contributed by atoms with van der Waals surface area (Å²) in [6.07, 6.45) is 3.71. The predicted molar refractivity (Wildman–Crippen MR) is 101 cm³/mol. The molecule has 0 aliphatic heterocycles. The van der Waals surface area contributed by atoms with Gasteiger partial charge in [-0.3, -0.25) is 0 Å². The Hall–Kier alpha value is -2.85. The molecule has 0 aliphatic rings. The molecule has 4 aromatic rings. The largest absolute Gasteiger partial charge is 0.335 e. The van der Waals surface area contributed by atoms with E-state index in [1.807, 2.05) is 42.1 Å². The van der Waals surface area contributed by atoms with Gasteiger partial charge in [0, 0.05) is 35.6 Å². The molecule has 2 heterocycles. The second-order valence-electron chi connectivity index (χ2n) is 6.04. The zero-order chi connectivity index (χ0) is 17.4. The van der Waals surface area contributed by atoms with Crippen LogP contribution in [0.2, 0.25) is 5.02 Å². The highest BCUT2D eigenvalue weighted by atomic mass is 35.5. The number of aromatic amines is 1. The van der Waals surface area contributed by atoms with E-state index in [0.717, 1.165) is 34.2 Å². The number of hydrogen-bond acceptors (Lipinski definition) is 2. The number of H-pyrrole nitrogens is 1. The monoisotopic (exact) mass is 348 g/mol. The number of aryl methyl sites for hydroxylation is 2. The molecule has 1 N–H and O–H groups in total. The Balaban J connectivity index is 1.90. The number of halogens is 1. The maximum Gasteiger partial charge on any atom is 0.158 e. The van der Waals surface area contributed by atoms with Gasteiger partial charge in [0.2, 0.25) is 0 Å². The minimum absolute atomic E-state index is 0.705. The quantitative estimate of drug-likeness (QED) is 0.559. The third-order valence-corrected chi connectivity index (χ3v) is 4.44. The van der Waals surface area contributed by atoms with Crippen molar-refractivity contribution >= 4 is 11.6 Å². The molecule has 5 heteroatoms. The fraction of sp³-hybridized carbons (Fsp3) is 0.100. The highest BCUT2D eigenvalue weighted by Crippen LogP contribution is 2.32. The number of hydrogen-bond donors (Lipinski definition) is 1. The molecule has 0 aliphatic carbocycles. The van der Waals surface area contributed by atoms with Gasteiger partial charge >= 0.3 is 0 Å². The summed E-state index contributed by atoms with van der Waals surface area (Å²) in [7, 11) is 1.97. The molecular weight excluding hydrogens is 332 g/mol. The standard InChI is InChI=1S/C20H17ClN4/c1-13-3-5-15(6-4-13)19-23-17(14-7-9-16(21)10-8-14)18(24-19)20-22-11-12-25(20)2/h3-12H,1-2H3,(H,23,24). The van der Waals surface area contributed by atoms with Crippen LogP contribution < -0.4 is 0 Å². The Morgan fingerprint density at radius 1 is 0.960 bits per heavy atom. The molecule has 124 valence electrons. The van der Waals surface area contributed by atoms with Crippen LogP contribution in [-0.2, 0) is 7.05 Å². The molecule has 0 atom stereocenters. The average Bonchev–Trinajstić information content (AvgIpc) is 3.22. The number of rotatable bonds is 3. The zero-order valence-corrected chi connectivity index (χ0v) is 14.7. The van der Waals surface area contributed by atoms with Crippen molar-refractivity contribution in [2.45, 2.75) is 6.92 Å². The van der Waals surface area contributed by atoms with Crippen molar-refractivity contribution in [1.29, 1.82) is 0 Å². The van der Waals surface area contributed by atoms with Gasteiger partial charge in [0.1, 0.15) is 17.2 Å². The maximum absolute atomic E-state index is 6.03. The van der Waals surface area contributed by atoms with E-state index in [9.17, 15) is 0 Å². The molecule has 0 bridgehead atoms. The summed E-state index contributed by atoms with van der Waals surface area (Å²) in [5.74, 6) is 1.67. The number of nitrogens with zero attached hydrogens (tertiary/aromatic N) is 3. The molecule has 0 unspecified atom stereocenters. The molecule has 0 amide bonds. The van der Waals surface area contributed by atoms with Crippen LogP contribution in [0, 0.1) is 6.92 Å². The second kappa shape index (κ2) is 6.22. The molecular formula is C20H17ClN4. The Bertz CT molecular complexity index is 1010. The number of imidazole rings is 2. The topological polar surface area (TPSA) is 46.5 Å². The van der Waals surface area contributed by atoms with Gasteiger partial charge < -0.3 is 9.55 Å². The molecule has 0 radical (unpaired) electrons. The molecule has 0 saturated heterocycles. The first-order valence-electron chi connectivity index (χ1n) is 8.02. The van der Waals surface area contributed by atoms with Crippen molar-refractivity contribution in [2.75, 3.05) is 0 Å². The van der Waals surface area contributed by atoms with Crippen molar-refractivity contribution in [3.05, 3.63) is 71.5 Å². The van der Waals surface area contributed by atoms with E-state index in [0.29, 0.717) is 5.02 Å². The van der Waals surface area contributed by atoms with E-state index < -0.39 is 0 Å². The zero-order valence-electron chi connectivity index (χ0n) is 14.0. The van der Waals surface area contributed by atoms with Crippen molar-refractivity contribution in [1.82, 2.24) is 19.5 Å². The summed E-state index contributed by atoms with van der Waals surface area (Å²) < 4.78 is 1.98. The first-order valence-corrected chi connectivity index (χ1v) is 8.40. The van der Waals surface area contributed by atoms with Gasteiger partial charge in [0.25, 0.3) is 0 Å². The SMILES string of the molecule is Cc1ccc(-c2nc(-c3ccc(Cl)cc3)c(-c3nccn3C)[nH]2)cc1. The summed E-state index contributed by atoms with van der Waals surface area (Å²) in [5, 5.41) is 0.705. The Morgan fingerprint density at radius 2 is 1.64 bits per heavy atom. The average molecular weight is 349 g/mol. The summed E-state index contributed by atoms with van der Waals surface area (Å²) >= 11 is 6.03. The van der Waals surface area contributed by atoms with E-state index in [1.54, 1.807) is 6.20 Å². The van der Waals surface area contributed by atoms with Crippen LogP contribution in [0.1, 0.15) is 5.56 Å². The van der Waals surface area contributed by atoms with Gasteiger partial charge in [-0.25, -0.2) is 9.97 Å². The fourth-order valence-corrected chi connectivity index (χ4v) is 2.93. The highest BCUT2D eigenvalue weighted by Gasteiger charge is 2.18. The highest BCUT2D eigenvalue weighted by molar-refractivity contribution is 6.30. The van der Waals surface area contributed by atoms with Crippen molar-refractivity contribution in [3.63, 3.8) is 0 Å². The number of aromatic nitrogens is 4. The fourth-order valence-electron chi connectivity index (χ4n) is 2.81. The molecule has 0 fully saturated rings. The smallest absolute Gasteiger partial charge is 0.158 e.